The van der Waals surface area contributed by atoms with Crippen molar-refractivity contribution in [3.63, 3.8) is 0 Å². The quantitative estimate of drug-likeness (QED) is 0.736. The minimum Gasteiger partial charge on any atom is -0.321 e. The van der Waals surface area contributed by atoms with Crippen molar-refractivity contribution in [3.05, 3.63) is 82.1 Å². The summed E-state index contributed by atoms with van der Waals surface area (Å²) in [6.45, 7) is 0. The SMILES string of the molecule is O=c1[nH]c2ccccc2cc1C=Cc1ccccc1. The van der Waals surface area contributed by atoms with Gasteiger partial charge in [-0.2, -0.15) is 0 Å². The van der Waals surface area contributed by atoms with Crippen LogP contribution in [0.25, 0.3) is 23.1 Å². The molecule has 0 saturated heterocycles. The number of aromatic nitrogens is 1. The van der Waals surface area contributed by atoms with Crippen LogP contribution in [-0.2, 0) is 0 Å². The summed E-state index contributed by atoms with van der Waals surface area (Å²) in [6, 6.07) is 19.6. The van der Waals surface area contributed by atoms with Crippen molar-refractivity contribution in [2.45, 2.75) is 0 Å². The fourth-order valence-corrected chi connectivity index (χ4v) is 2.04. The molecular formula is C17H13NO. The van der Waals surface area contributed by atoms with E-state index >= 15 is 0 Å². The average Bonchev–Trinajstić information content (AvgIpc) is 2.46. The lowest BCUT2D eigenvalue weighted by Crippen LogP contribution is -2.08. The van der Waals surface area contributed by atoms with Gasteiger partial charge in [0.05, 0.1) is 0 Å². The van der Waals surface area contributed by atoms with E-state index in [0.717, 1.165) is 16.5 Å². The predicted molar refractivity (Wildman–Crippen MR) is 79.9 cm³/mol. The summed E-state index contributed by atoms with van der Waals surface area (Å²) in [5.74, 6) is 0. The Balaban J connectivity index is 2.04. The van der Waals surface area contributed by atoms with Crippen LogP contribution in [0.2, 0.25) is 0 Å². The number of benzene rings is 2. The number of hydrogen-bond acceptors (Lipinski definition) is 1. The molecule has 0 aliphatic heterocycles. The molecule has 0 amide bonds. The molecule has 0 unspecified atom stereocenters. The molecule has 0 saturated carbocycles. The average molecular weight is 247 g/mol. The molecule has 1 heterocycles. The molecule has 1 aromatic heterocycles. The first kappa shape index (κ1) is 11.5. The maximum atomic E-state index is 11.9. The smallest absolute Gasteiger partial charge is 0.255 e. The van der Waals surface area contributed by atoms with E-state index in [-0.39, 0.29) is 5.56 Å². The van der Waals surface area contributed by atoms with E-state index in [4.69, 9.17) is 0 Å². The lowest BCUT2D eigenvalue weighted by molar-refractivity contribution is 1.29. The monoisotopic (exact) mass is 247 g/mol. The molecule has 2 heteroatoms. The van der Waals surface area contributed by atoms with Gasteiger partial charge in [0, 0.05) is 11.1 Å². The third kappa shape index (κ3) is 2.47. The summed E-state index contributed by atoms with van der Waals surface area (Å²) in [5.41, 5.74) is 2.55. The number of para-hydroxylation sites is 1. The van der Waals surface area contributed by atoms with Gasteiger partial charge in [-0.25, -0.2) is 0 Å². The van der Waals surface area contributed by atoms with Crippen LogP contribution >= 0.6 is 0 Å². The summed E-state index contributed by atoms with van der Waals surface area (Å²) in [5, 5.41) is 1.04. The maximum absolute atomic E-state index is 11.9. The number of fused-ring (bicyclic) bond motifs is 1. The molecule has 3 aromatic rings. The highest BCUT2D eigenvalue weighted by Gasteiger charge is 1.98. The topological polar surface area (TPSA) is 32.9 Å². The lowest BCUT2D eigenvalue weighted by Gasteiger charge is -1.99. The molecule has 3 rings (SSSR count). The minimum atomic E-state index is -0.0640. The normalized spacial score (nSPS) is 11.2. The van der Waals surface area contributed by atoms with Gasteiger partial charge < -0.3 is 4.98 Å². The second kappa shape index (κ2) is 4.94. The van der Waals surface area contributed by atoms with Gasteiger partial charge >= 0.3 is 0 Å². The Hall–Kier alpha value is -2.61. The van der Waals surface area contributed by atoms with E-state index in [1.54, 1.807) is 0 Å². The fourth-order valence-electron chi connectivity index (χ4n) is 2.04. The Morgan fingerprint density at radius 1 is 0.842 bits per heavy atom. The molecule has 0 atom stereocenters. The Morgan fingerprint density at radius 2 is 1.58 bits per heavy atom. The molecule has 92 valence electrons. The Labute approximate surface area is 111 Å². The van der Waals surface area contributed by atoms with Gasteiger partial charge in [-0.15, -0.1) is 0 Å². The number of hydrogen-bond donors (Lipinski definition) is 1. The zero-order valence-electron chi connectivity index (χ0n) is 10.3. The highest BCUT2D eigenvalue weighted by molar-refractivity contribution is 5.82. The van der Waals surface area contributed by atoms with Crippen molar-refractivity contribution in [2.75, 3.05) is 0 Å². The zero-order valence-corrected chi connectivity index (χ0v) is 10.3. The van der Waals surface area contributed by atoms with Gasteiger partial charge in [-0.1, -0.05) is 54.6 Å². The first-order valence-corrected chi connectivity index (χ1v) is 6.18. The largest absolute Gasteiger partial charge is 0.321 e. The van der Waals surface area contributed by atoms with Crippen LogP contribution in [0.15, 0.2) is 65.5 Å². The lowest BCUT2D eigenvalue weighted by atomic mass is 10.1. The first-order chi connectivity index (χ1) is 9.33. The van der Waals surface area contributed by atoms with Crippen LogP contribution in [0.4, 0.5) is 0 Å². The first-order valence-electron chi connectivity index (χ1n) is 6.18. The van der Waals surface area contributed by atoms with Crippen LogP contribution in [0.3, 0.4) is 0 Å². The van der Waals surface area contributed by atoms with Gasteiger partial charge in [0.1, 0.15) is 0 Å². The molecule has 0 fully saturated rings. The van der Waals surface area contributed by atoms with Crippen molar-refractivity contribution in [1.82, 2.24) is 4.98 Å². The summed E-state index contributed by atoms with van der Waals surface area (Å²) in [6.07, 6.45) is 3.79. The predicted octanol–water partition coefficient (Wildman–Crippen LogP) is 3.70. The van der Waals surface area contributed by atoms with Crippen molar-refractivity contribution >= 4 is 23.1 Å². The number of nitrogens with one attached hydrogen (secondary N) is 1. The van der Waals surface area contributed by atoms with Crippen LogP contribution in [0.5, 0.6) is 0 Å². The van der Waals surface area contributed by atoms with Crippen LogP contribution in [0.1, 0.15) is 11.1 Å². The molecule has 19 heavy (non-hydrogen) atoms. The van der Waals surface area contributed by atoms with Gasteiger partial charge in [0.15, 0.2) is 0 Å². The van der Waals surface area contributed by atoms with Crippen molar-refractivity contribution in [2.24, 2.45) is 0 Å². The molecule has 0 spiro atoms. The summed E-state index contributed by atoms with van der Waals surface area (Å²) in [7, 11) is 0. The van der Waals surface area contributed by atoms with Crippen LogP contribution in [-0.4, -0.2) is 4.98 Å². The number of H-pyrrole nitrogens is 1. The highest BCUT2D eigenvalue weighted by atomic mass is 16.1. The van der Waals surface area contributed by atoms with Crippen molar-refractivity contribution in [1.29, 1.82) is 0 Å². The van der Waals surface area contributed by atoms with E-state index in [1.807, 2.05) is 72.8 Å². The standard InChI is InChI=1S/C17H13NO/c19-17-15(11-10-13-6-2-1-3-7-13)12-14-8-4-5-9-16(14)18-17/h1-12H,(H,18,19). The van der Waals surface area contributed by atoms with Crippen molar-refractivity contribution < 1.29 is 0 Å². The van der Waals surface area contributed by atoms with E-state index in [1.165, 1.54) is 0 Å². The van der Waals surface area contributed by atoms with E-state index in [9.17, 15) is 4.79 Å². The van der Waals surface area contributed by atoms with Gasteiger partial charge in [-0.05, 0) is 29.2 Å². The van der Waals surface area contributed by atoms with Gasteiger partial charge in [-0.3, -0.25) is 4.79 Å². The Kier molecular flexibility index (Phi) is 2.99. The van der Waals surface area contributed by atoms with Gasteiger partial charge in [0.25, 0.3) is 5.56 Å². The fraction of sp³-hybridized carbons (Fsp3) is 0. The summed E-state index contributed by atoms with van der Waals surface area (Å²) >= 11 is 0. The number of aromatic amines is 1. The molecule has 1 N–H and O–H groups in total. The molecule has 2 nitrogen and oxygen atoms in total. The zero-order chi connectivity index (χ0) is 13.1. The van der Waals surface area contributed by atoms with E-state index in [0.29, 0.717) is 5.56 Å². The second-order valence-corrected chi connectivity index (χ2v) is 4.39. The second-order valence-electron chi connectivity index (χ2n) is 4.39. The van der Waals surface area contributed by atoms with Crippen molar-refractivity contribution in [3.8, 4) is 0 Å². The van der Waals surface area contributed by atoms with Crippen LogP contribution in [0, 0.1) is 0 Å². The van der Waals surface area contributed by atoms with Gasteiger partial charge in [0.2, 0.25) is 0 Å². The molecule has 0 aliphatic carbocycles. The highest BCUT2D eigenvalue weighted by Crippen LogP contribution is 2.12. The maximum Gasteiger partial charge on any atom is 0.255 e. The molecule has 0 bridgehead atoms. The van der Waals surface area contributed by atoms with E-state index < -0.39 is 0 Å². The number of pyridine rings is 1. The molecule has 0 aliphatic rings. The summed E-state index contributed by atoms with van der Waals surface area (Å²) in [4.78, 5) is 14.8. The third-order valence-electron chi connectivity index (χ3n) is 3.04. The Bertz CT molecular complexity index is 785. The van der Waals surface area contributed by atoms with E-state index in [2.05, 4.69) is 4.98 Å². The molecular weight excluding hydrogens is 234 g/mol. The molecule has 2 aromatic carbocycles. The molecule has 0 radical (unpaired) electrons. The Morgan fingerprint density at radius 3 is 2.42 bits per heavy atom. The van der Waals surface area contributed by atoms with Crippen LogP contribution < -0.4 is 5.56 Å². The number of rotatable bonds is 2. The third-order valence-corrected chi connectivity index (χ3v) is 3.04. The minimum absolute atomic E-state index is 0.0640. The summed E-state index contributed by atoms with van der Waals surface area (Å²) < 4.78 is 0.